The Labute approximate surface area is 124 Å². The van der Waals surface area contributed by atoms with Crippen LogP contribution in [0.25, 0.3) is 0 Å². The van der Waals surface area contributed by atoms with Gasteiger partial charge < -0.3 is 10.4 Å². The number of amides is 1. The molecule has 6 nitrogen and oxygen atoms in total. The fourth-order valence-corrected chi connectivity index (χ4v) is 1.68. The molecule has 0 bridgehead atoms. The van der Waals surface area contributed by atoms with E-state index in [1.165, 1.54) is 18.5 Å². The molecule has 0 aliphatic carbocycles. The normalized spacial score (nSPS) is 11.4. The van der Waals surface area contributed by atoms with Gasteiger partial charge in [-0.2, -0.15) is 0 Å². The highest BCUT2D eigenvalue weighted by molar-refractivity contribution is 7.92. The highest BCUT2D eigenvalue weighted by atomic mass is 32.2. The number of pyridine rings is 1. The monoisotopic (exact) mass is 310 g/mol. The second-order valence-electron chi connectivity index (χ2n) is 5.10. The smallest absolute Gasteiger partial charge is 0.252 e. The molecule has 0 fully saturated rings. The molecule has 1 heterocycles. The fourth-order valence-electron chi connectivity index (χ4n) is 1.35. The van der Waals surface area contributed by atoms with Crippen molar-refractivity contribution in [1.82, 2.24) is 10.3 Å². The van der Waals surface area contributed by atoms with Crippen molar-refractivity contribution < 1.29 is 18.3 Å². The predicted octanol–water partition coefficient (Wildman–Crippen LogP) is -0.0216. The molecule has 0 aliphatic heterocycles. The minimum atomic E-state index is -3.29. The number of aliphatic hydroxyl groups excluding tert-OH is 1. The Balaban J connectivity index is 2.92. The van der Waals surface area contributed by atoms with Crippen LogP contribution in [-0.4, -0.2) is 48.6 Å². The molecule has 0 aliphatic rings. The maximum absolute atomic E-state index is 12.1. The van der Waals surface area contributed by atoms with E-state index in [9.17, 15) is 13.2 Å². The van der Waals surface area contributed by atoms with Gasteiger partial charge in [0, 0.05) is 25.2 Å². The van der Waals surface area contributed by atoms with Crippen LogP contribution in [0.4, 0.5) is 0 Å². The van der Waals surface area contributed by atoms with Gasteiger partial charge in [0.25, 0.3) is 5.91 Å². The van der Waals surface area contributed by atoms with Gasteiger partial charge in [0.05, 0.1) is 15.9 Å². The predicted molar refractivity (Wildman–Crippen MR) is 79.5 cm³/mol. The van der Waals surface area contributed by atoms with Crippen LogP contribution >= 0.6 is 0 Å². The zero-order valence-corrected chi connectivity index (χ0v) is 13.0. The number of carbonyl (C=O) groups is 1. The summed E-state index contributed by atoms with van der Waals surface area (Å²) in [4.78, 5) is 16.0. The van der Waals surface area contributed by atoms with E-state index in [1.807, 2.05) is 0 Å². The number of aromatic nitrogens is 1. The summed E-state index contributed by atoms with van der Waals surface area (Å²) >= 11 is 0. The Kier molecular flexibility index (Phi) is 5.47. The number of nitrogens with one attached hydrogen (secondary N) is 1. The van der Waals surface area contributed by atoms with Crippen LogP contribution in [0.5, 0.6) is 0 Å². The Hall–Kier alpha value is -1.91. The van der Waals surface area contributed by atoms with Gasteiger partial charge >= 0.3 is 0 Å². The van der Waals surface area contributed by atoms with Crippen molar-refractivity contribution in [3.8, 4) is 11.8 Å². The SMILES string of the molecule is CC(C)(CNC(=O)c1ccncc1C#CCO)S(C)(=O)=O. The number of carbonyl (C=O) groups excluding carboxylic acids is 1. The highest BCUT2D eigenvalue weighted by Gasteiger charge is 2.30. The van der Waals surface area contributed by atoms with Gasteiger partial charge in [-0.25, -0.2) is 8.42 Å². The number of hydrogen-bond acceptors (Lipinski definition) is 5. The quantitative estimate of drug-likeness (QED) is 0.762. The van der Waals surface area contributed by atoms with Gasteiger partial charge in [-0.3, -0.25) is 9.78 Å². The summed E-state index contributed by atoms with van der Waals surface area (Å²) in [5, 5.41) is 11.3. The molecule has 0 atom stereocenters. The molecule has 7 heteroatoms. The lowest BCUT2D eigenvalue weighted by Crippen LogP contribution is -2.43. The molecule has 2 N–H and O–H groups in total. The Morgan fingerprint density at radius 1 is 1.48 bits per heavy atom. The summed E-state index contributed by atoms with van der Waals surface area (Å²) in [6, 6.07) is 1.49. The Morgan fingerprint density at radius 2 is 2.14 bits per heavy atom. The van der Waals surface area contributed by atoms with E-state index in [0.717, 1.165) is 6.26 Å². The van der Waals surface area contributed by atoms with Gasteiger partial charge in [0.2, 0.25) is 0 Å². The summed E-state index contributed by atoms with van der Waals surface area (Å²) in [5.74, 6) is 4.64. The lowest BCUT2D eigenvalue weighted by Gasteiger charge is -2.22. The van der Waals surface area contributed by atoms with E-state index in [1.54, 1.807) is 13.8 Å². The van der Waals surface area contributed by atoms with Crippen LogP contribution in [0, 0.1) is 11.8 Å². The third-order valence-electron chi connectivity index (χ3n) is 3.05. The van der Waals surface area contributed by atoms with Crippen molar-refractivity contribution in [1.29, 1.82) is 0 Å². The van der Waals surface area contributed by atoms with Gasteiger partial charge in [0.15, 0.2) is 9.84 Å². The van der Waals surface area contributed by atoms with Crippen LogP contribution in [0.1, 0.15) is 29.8 Å². The first-order chi connectivity index (χ1) is 9.69. The van der Waals surface area contributed by atoms with Crippen molar-refractivity contribution in [2.45, 2.75) is 18.6 Å². The molecule has 0 spiro atoms. The summed E-state index contributed by atoms with van der Waals surface area (Å²) < 4.78 is 22.1. The average Bonchev–Trinajstić information content (AvgIpc) is 2.41. The van der Waals surface area contributed by atoms with Crippen LogP contribution in [0.15, 0.2) is 18.5 Å². The first kappa shape index (κ1) is 17.1. The minimum absolute atomic E-state index is 0.0140. The third-order valence-corrected chi connectivity index (χ3v) is 5.20. The second kappa shape index (κ2) is 6.70. The molecular formula is C14H18N2O4S. The molecular weight excluding hydrogens is 292 g/mol. The number of nitrogens with zero attached hydrogens (tertiary/aromatic N) is 1. The molecule has 0 saturated carbocycles. The number of rotatable bonds is 4. The summed E-state index contributed by atoms with van der Waals surface area (Å²) in [6.07, 6.45) is 3.99. The van der Waals surface area contributed by atoms with Crippen molar-refractivity contribution >= 4 is 15.7 Å². The maximum atomic E-state index is 12.1. The topological polar surface area (TPSA) is 96.4 Å². The fraction of sp³-hybridized carbons (Fsp3) is 0.429. The van der Waals surface area contributed by atoms with Crippen LogP contribution in [0.2, 0.25) is 0 Å². The van der Waals surface area contributed by atoms with E-state index in [2.05, 4.69) is 22.1 Å². The van der Waals surface area contributed by atoms with Gasteiger partial charge in [0.1, 0.15) is 6.61 Å². The number of aliphatic hydroxyl groups is 1. The minimum Gasteiger partial charge on any atom is -0.384 e. The second-order valence-corrected chi connectivity index (χ2v) is 7.75. The largest absolute Gasteiger partial charge is 0.384 e. The van der Waals surface area contributed by atoms with Gasteiger partial charge in [-0.15, -0.1) is 0 Å². The van der Waals surface area contributed by atoms with Crippen molar-refractivity contribution in [3.63, 3.8) is 0 Å². The highest BCUT2D eigenvalue weighted by Crippen LogP contribution is 2.14. The molecule has 1 aromatic heterocycles. The molecule has 114 valence electrons. The zero-order valence-electron chi connectivity index (χ0n) is 12.2. The van der Waals surface area contributed by atoms with Crippen molar-refractivity contribution in [2.24, 2.45) is 0 Å². The van der Waals surface area contributed by atoms with Crippen LogP contribution in [-0.2, 0) is 9.84 Å². The van der Waals surface area contributed by atoms with Gasteiger partial charge in [-0.1, -0.05) is 11.8 Å². The van der Waals surface area contributed by atoms with Crippen LogP contribution in [0.3, 0.4) is 0 Å². The molecule has 0 aromatic carbocycles. The van der Waals surface area contributed by atoms with E-state index < -0.39 is 20.5 Å². The summed E-state index contributed by atoms with van der Waals surface area (Å²) in [7, 11) is -3.29. The lowest BCUT2D eigenvalue weighted by atomic mass is 10.1. The molecule has 0 saturated heterocycles. The maximum Gasteiger partial charge on any atom is 0.252 e. The molecule has 1 rings (SSSR count). The molecule has 0 radical (unpaired) electrons. The van der Waals surface area contributed by atoms with E-state index >= 15 is 0 Å². The van der Waals surface area contributed by atoms with E-state index in [-0.39, 0.29) is 18.7 Å². The van der Waals surface area contributed by atoms with Crippen LogP contribution < -0.4 is 5.32 Å². The molecule has 21 heavy (non-hydrogen) atoms. The Morgan fingerprint density at radius 3 is 2.71 bits per heavy atom. The molecule has 1 aromatic rings. The summed E-state index contributed by atoms with van der Waals surface area (Å²) in [6.45, 7) is 2.75. The number of hydrogen-bond donors (Lipinski definition) is 2. The first-order valence-electron chi connectivity index (χ1n) is 6.20. The number of sulfone groups is 1. The molecule has 1 amide bonds. The standard InChI is InChI=1S/C14H18N2O4S/c1-14(2,21(3,19)20)10-16-13(18)12-6-7-15-9-11(12)5-4-8-17/h6-7,9,17H,8,10H2,1-3H3,(H,16,18). The third kappa shape index (κ3) is 4.55. The first-order valence-corrected chi connectivity index (χ1v) is 8.10. The van der Waals surface area contributed by atoms with E-state index in [0.29, 0.717) is 5.56 Å². The molecule has 0 unspecified atom stereocenters. The van der Waals surface area contributed by atoms with Crippen molar-refractivity contribution in [2.75, 3.05) is 19.4 Å². The zero-order chi connectivity index (χ0) is 16.1. The lowest BCUT2D eigenvalue weighted by molar-refractivity contribution is 0.0950. The van der Waals surface area contributed by atoms with E-state index in [4.69, 9.17) is 5.11 Å². The summed E-state index contributed by atoms with van der Waals surface area (Å²) in [5.41, 5.74) is 0.663. The van der Waals surface area contributed by atoms with Crippen molar-refractivity contribution in [3.05, 3.63) is 29.6 Å². The Bertz CT molecular complexity index is 684. The average molecular weight is 310 g/mol. The van der Waals surface area contributed by atoms with Gasteiger partial charge in [-0.05, 0) is 19.9 Å².